The number of rotatable bonds is 5. The number of Topliss-reactive ketones (excluding diaryl/α,β-unsaturated/α-hetero) is 1. The molecule has 1 aromatic heterocycles. The van der Waals surface area contributed by atoms with Crippen molar-refractivity contribution in [2.75, 3.05) is 0 Å². The Kier molecular flexibility index (Phi) is 13.0. The average molecular weight is 784 g/mol. The van der Waals surface area contributed by atoms with E-state index in [0.29, 0.717) is 27.9 Å². The number of nitrogens with zero attached hydrogens (tertiary/aromatic N) is 1. The smallest absolute Gasteiger partial charge is 0.455 e. The quantitative estimate of drug-likeness (QED) is 0.159. The number of hydrogen-bond donors (Lipinski definition) is 1. The van der Waals surface area contributed by atoms with Crippen LogP contribution in [0.15, 0.2) is 41.2 Å². The number of benzene rings is 2. The van der Waals surface area contributed by atoms with Crippen molar-refractivity contribution < 1.29 is 77.0 Å². The van der Waals surface area contributed by atoms with E-state index in [9.17, 15) is 32.4 Å². The molecule has 3 aromatic rings. The van der Waals surface area contributed by atoms with Crippen molar-refractivity contribution in [2.24, 2.45) is 0 Å². The fourth-order valence-corrected chi connectivity index (χ4v) is 13.5. The van der Waals surface area contributed by atoms with Crippen LogP contribution in [0.1, 0.15) is 114 Å². The van der Waals surface area contributed by atoms with Gasteiger partial charge >= 0.3 is 6.18 Å². The number of alkyl halides is 3. The van der Waals surface area contributed by atoms with E-state index in [0.717, 1.165) is 9.95 Å². The van der Waals surface area contributed by atoms with Crippen molar-refractivity contribution in [3.05, 3.63) is 52.3 Å². The molecule has 2 aromatic carbocycles. The minimum absolute atomic E-state index is 0. The summed E-state index contributed by atoms with van der Waals surface area (Å²) in [5.41, 5.74) is -0.211. The summed E-state index contributed by atoms with van der Waals surface area (Å²) >= 11 is 0. The Morgan fingerprint density at radius 1 is 0.800 bits per heavy atom. The molecular weight excluding hydrogens is 738 g/mol. The topological polar surface area (TPSA) is 76.4 Å². The molecule has 247 valence electrons. The standard InChI is InChI=1S/C18H33OP.C17H12F3NO3.Eu/c19-20(16-10-4-1-5-11-16,17-12-6-2-7-13-17)18-14-8-3-9-15-18;1-2-21-13-10-6-4-3-5-9(10)7-8-11(13)14(22)12(16(21)24)15(23)17(18,19)20;/h16-18H,1-15H2;3-8,22H,2H2,1H3;. The van der Waals surface area contributed by atoms with Crippen LogP contribution in [0.25, 0.3) is 21.7 Å². The van der Waals surface area contributed by atoms with Crippen LogP contribution in [0, 0.1) is 49.4 Å². The van der Waals surface area contributed by atoms with E-state index in [4.69, 9.17) is 0 Å². The van der Waals surface area contributed by atoms with Gasteiger partial charge in [-0.15, -0.1) is 0 Å². The number of hydrogen-bond acceptors (Lipinski definition) is 4. The van der Waals surface area contributed by atoms with Crippen LogP contribution >= 0.6 is 7.14 Å². The molecule has 5 nitrogen and oxygen atoms in total. The van der Waals surface area contributed by atoms with Gasteiger partial charge in [0, 0.05) is 83.7 Å². The fourth-order valence-electron chi connectivity index (χ4n) is 8.21. The zero-order valence-corrected chi connectivity index (χ0v) is 29.4. The summed E-state index contributed by atoms with van der Waals surface area (Å²) in [4.78, 5) is 24.0. The molecule has 3 aliphatic carbocycles. The van der Waals surface area contributed by atoms with E-state index in [1.807, 2.05) is 0 Å². The maximum atomic E-state index is 14.3. The molecule has 0 amide bonds. The summed E-state index contributed by atoms with van der Waals surface area (Å²) in [7, 11) is -1.95. The predicted octanol–water partition coefficient (Wildman–Crippen LogP) is 9.97. The zero-order chi connectivity index (χ0) is 31.5. The van der Waals surface area contributed by atoms with Crippen molar-refractivity contribution in [2.45, 2.75) is 133 Å². The molecule has 3 aliphatic rings. The molecule has 0 unspecified atom stereocenters. The molecule has 3 fully saturated rings. The number of halogens is 3. The molecule has 1 heterocycles. The van der Waals surface area contributed by atoms with Crippen molar-refractivity contribution in [3.8, 4) is 5.75 Å². The number of ketones is 1. The summed E-state index contributed by atoms with van der Waals surface area (Å²) < 4.78 is 53.7. The molecule has 6 rings (SSSR count). The Morgan fingerprint density at radius 3 is 1.71 bits per heavy atom. The Balaban J connectivity index is 0.000000203. The minimum Gasteiger partial charge on any atom is -0.506 e. The fraction of sp³-hybridized carbons (Fsp3) is 0.600. The second-order valence-corrected chi connectivity index (χ2v) is 16.6. The molecule has 3 saturated carbocycles. The molecule has 45 heavy (non-hydrogen) atoms. The number of pyridine rings is 1. The van der Waals surface area contributed by atoms with Gasteiger partial charge in [-0.05, 0) is 56.9 Å². The third-order valence-electron chi connectivity index (χ3n) is 10.4. The predicted molar refractivity (Wildman–Crippen MR) is 172 cm³/mol. The van der Waals surface area contributed by atoms with Crippen LogP contribution in [0.4, 0.5) is 13.2 Å². The zero-order valence-electron chi connectivity index (χ0n) is 26.1. The third-order valence-corrected chi connectivity index (χ3v) is 15.3. The van der Waals surface area contributed by atoms with Crippen LogP contribution in [0.3, 0.4) is 0 Å². The van der Waals surface area contributed by atoms with Crippen LogP contribution in [0.2, 0.25) is 0 Å². The van der Waals surface area contributed by atoms with Gasteiger partial charge in [-0.1, -0.05) is 88.1 Å². The first-order chi connectivity index (χ1) is 21.1. The molecule has 0 spiro atoms. The Morgan fingerprint density at radius 2 is 1.27 bits per heavy atom. The maximum Gasteiger partial charge on any atom is 0.455 e. The van der Waals surface area contributed by atoms with E-state index in [-0.39, 0.29) is 61.3 Å². The number of carbonyl (C=O) groups is 1. The Bertz CT molecular complexity index is 1530. The number of aryl methyl sites for hydroxylation is 1. The summed E-state index contributed by atoms with van der Waals surface area (Å²) in [6, 6.07) is 10.0. The van der Waals surface area contributed by atoms with E-state index in [1.54, 1.807) is 37.3 Å². The molecule has 0 atom stereocenters. The molecule has 1 radical (unpaired) electrons. The summed E-state index contributed by atoms with van der Waals surface area (Å²) in [5.74, 6) is -3.28. The van der Waals surface area contributed by atoms with Gasteiger partial charge < -0.3 is 14.2 Å². The normalized spacial score (nSPS) is 19.1. The first-order valence-electron chi connectivity index (χ1n) is 16.6. The van der Waals surface area contributed by atoms with Gasteiger partial charge in [0.15, 0.2) is 0 Å². The molecule has 10 heteroatoms. The van der Waals surface area contributed by atoms with Crippen LogP contribution in [-0.4, -0.2) is 38.6 Å². The minimum atomic E-state index is -5.24. The van der Waals surface area contributed by atoms with Crippen molar-refractivity contribution in [1.82, 2.24) is 4.57 Å². The first kappa shape index (κ1) is 36.8. The number of fused-ring (bicyclic) bond motifs is 3. The summed E-state index contributed by atoms with van der Waals surface area (Å²) in [6.45, 7) is 1.64. The van der Waals surface area contributed by atoms with Gasteiger partial charge in [0.1, 0.15) is 11.3 Å². The average Bonchev–Trinajstić information content (AvgIpc) is 3.05. The largest absolute Gasteiger partial charge is 0.506 e. The first-order valence-corrected chi connectivity index (χ1v) is 18.5. The second kappa shape index (κ2) is 15.9. The van der Waals surface area contributed by atoms with Gasteiger partial charge in [0.25, 0.3) is 11.3 Å². The number of aromatic nitrogens is 1. The van der Waals surface area contributed by atoms with Gasteiger partial charge in [-0.2, -0.15) is 13.2 Å². The summed E-state index contributed by atoms with van der Waals surface area (Å²) in [6.07, 6.45) is 14.8. The van der Waals surface area contributed by atoms with E-state index < -0.39 is 36.0 Å². The third kappa shape index (κ3) is 7.68. The van der Waals surface area contributed by atoms with Crippen LogP contribution < -0.4 is 5.56 Å². The molecule has 0 aliphatic heterocycles. The van der Waals surface area contributed by atoms with Crippen molar-refractivity contribution >= 4 is 34.6 Å². The molecule has 1 N–H and O–H groups in total. The van der Waals surface area contributed by atoms with Gasteiger partial charge in [0.2, 0.25) is 0 Å². The van der Waals surface area contributed by atoms with E-state index in [2.05, 4.69) is 0 Å². The van der Waals surface area contributed by atoms with E-state index >= 15 is 0 Å². The van der Waals surface area contributed by atoms with Gasteiger partial charge in [0.05, 0.1) is 12.7 Å². The van der Waals surface area contributed by atoms with Gasteiger partial charge in [-0.25, -0.2) is 0 Å². The monoisotopic (exact) mass is 784 g/mol. The number of aromatic hydroxyl groups is 1. The van der Waals surface area contributed by atoms with Crippen molar-refractivity contribution in [1.29, 1.82) is 0 Å². The maximum absolute atomic E-state index is 14.3. The summed E-state index contributed by atoms with van der Waals surface area (Å²) in [5, 5.41) is 11.6. The van der Waals surface area contributed by atoms with Crippen LogP contribution in [0.5, 0.6) is 5.75 Å². The molecular formula is C35H45EuF3NO4P. The van der Waals surface area contributed by atoms with Gasteiger partial charge in [-0.3, -0.25) is 9.59 Å². The van der Waals surface area contributed by atoms with Crippen LogP contribution in [-0.2, 0) is 11.1 Å². The molecule has 0 saturated heterocycles. The molecule has 0 bridgehead atoms. The van der Waals surface area contributed by atoms with Crippen molar-refractivity contribution in [3.63, 3.8) is 0 Å². The number of carbonyl (C=O) groups excluding carboxylic acids is 1. The SMILES string of the molecule is CCn1c(=O)c(C(=O)C(F)(F)F)c(O)c2ccc3ccccc3c21.O=P(C1CCCCC1)(C1CCCCC1)C1CCCCC1.[Eu]. The Labute approximate surface area is 304 Å². The van der Waals surface area contributed by atoms with E-state index in [1.165, 1.54) is 102 Å². The second-order valence-electron chi connectivity index (χ2n) is 12.9. The Hall–Kier alpha value is -1.02.